The summed E-state index contributed by atoms with van der Waals surface area (Å²) in [6.45, 7) is 0.326. The van der Waals surface area contributed by atoms with Crippen LogP contribution in [0.4, 0.5) is 5.69 Å². The van der Waals surface area contributed by atoms with Gasteiger partial charge in [0, 0.05) is 18.7 Å². The molecule has 0 radical (unpaired) electrons. The van der Waals surface area contributed by atoms with Crippen LogP contribution in [0.5, 0.6) is 0 Å². The topological polar surface area (TPSA) is 86.7 Å². The van der Waals surface area contributed by atoms with Gasteiger partial charge in [-0.2, -0.15) is 0 Å². The molecule has 2 amide bonds. The highest BCUT2D eigenvalue weighted by Crippen LogP contribution is 2.37. The average Bonchev–Trinajstić information content (AvgIpc) is 2.65. The number of para-hydroxylation sites is 1. The van der Waals surface area contributed by atoms with Crippen LogP contribution >= 0.6 is 0 Å². The molecule has 2 aliphatic rings. The molecule has 6 nitrogen and oxygen atoms in total. The predicted octanol–water partition coefficient (Wildman–Crippen LogP) is 2.32. The smallest absolute Gasteiger partial charge is 0.331 e. The zero-order valence-electron chi connectivity index (χ0n) is 14.0. The number of carboxylic acid groups (broad SMARTS) is 1. The molecule has 2 aromatic carbocycles. The van der Waals surface area contributed by atoms with Crippen molar-refractivity contribution in [1.82, 2.24) is 4.90 Å². The molecule has 2 N–H and O–H groups in total. The van der Waals surface area contributed by atoms with Crippen molar-refractivity contribution in [2.75, 3.05) is 11.9 Å². The Bertz CT molecular complexity index is 908. The lowest BCUT2D eigenvalue weighted by molar-refractivity contribution is -0.152. The van der Waals surface area contributed by atoms with Crippen LogP contribution in [0.2, 0.25) is 0 Å². The zero-order chi connectivity index (χ0) is 18.3. The van der Waals surface area contributed by atoms with Crippen LogP contribution in [0.25, 0.3) is 0 Å². The van der Waals surface area contributed by atoms with E-state index in [0.29, 0.717) is 24.2 Å². The van der Waals surface area contributed by atoms with Crippen molar-refractivity contribution in [2.24, 2.45) is 0 Å². The van der Waals surface area contributed by atoms with Gasteiger partial charge in [0.15, 0.2) is 6.04 Å². The Hall–Kier alpha value is -3.15. The summed E-state index contributed by atoms with van der Waals surface area (Å²) in [5.74, 6) is -2.26. The first-order valence-electron chi connectivity index (χ1n) is 8.56. The van der Waals surface area contributed by atoms with Crippen LogP contribution in [-0.4, -0.2) is 34.3 Å². The number of hydrogen-bond acceptors (Lipinski definition) is 3. The number of carboxylic acids is 1. The maximum Gasteiger partial charge on any atom is 0.331 e. The average molecular weight is 350 g/mol. The van der Waals surface area contributed by atoms with Crippen molar-refractivity contribution in [1.29, 1.82) is 0 Å². The largest absolute Gasteiger partial charge is 0.479 e. The number of nitrogens with zero attached hydrogens (tertiary/aromatic N) is 1. The van der Waals surface area contributed by atoms with Gasteiger partial charge in [0.05, 0.1) is 5.92 Å². The lowest BCUT2D eigenvalue weighted by atomic mass is 9.86. The molecule has 2 heterocycles. The molecule has 132 valence electrons. The fourth-order valence-electron chi connectivity index (χ4n) is 3.90. The Morgan fingerprint density at radius 2 is 1.73 bits per heavy atom. The summed E-state index contributed by atoms with van der Waals surface area (Å²) >= 11 is 0. The second-order valence-corrected chi connectivity index (χ2v) is 6.61. The second kappa shape index (κ2) is 6.29. The Kier molecular flexibility index (Phi) is 3.95. The first-order valence-corrected chi connectivity index (χ1v) is 8.56. The molecule has 0 bridgehead atoms. The molecule has 2 aliphatic heterocycles. The number of nitrogens with one attached hydrogen (secondary N) is 1. The predicted molar refractivity (Wildman–Crippen MR) is 94.7 cm³/mol. The van der Waals surface area contributed by atoms with Gasteiger partial charge in [-0.1, -0.05) is 42.5 Å². The van der Waals surface area contributed by atoms with Gasteiger partial charge in [-0.05, 0) is 29.2 Å². The Morgan fingerprint density at radius 3 is 2.50 bits per heavy atom. The number of fused-ring (bicyclic) bond motifs is 2. The van der Waals surface area contributed by atoms with Crippen molar-refractivity contribution < 1.29 is 19.5 Å². The normalized spacial score (nSPS) is 21.4. The third-order valence-corrected chi connectivity index (χ3v) is 5.10. The summed E-state index contributed by atoms with van der Waals surface area (Å²) in [5, 5.41) is 12.5. The van der Waals surface area contributed by atoms with Crippen molar-refractivity contribution in [2.45, 2.75) is 24.8 Å². The molecule has 4 rings (SSSR count). The van der Waals surface area contributed by atoms with Gasteiger partial charge in [0.25, 0.3) is 0 Å². The highest BCUT2D eigenvalue weighted by Gasteiger charge is 2.41. The van der Waals surface area contributed by atoms with Gasteiger partial charge in [-0.3, -0.25) is 9.59 Å². The quantitative estimate of drug-likeness (QED) is 0.870. The number of benzene rings is 2. The Labute approximate surface area is 150 Å². The van der Waals surface area contributed by atoms with E-state index in [-0.39, 0.29) is 18.2 Å². The van der Waals surface area contributed by atoms with Crippen molar-refractivity contribution in [3.05, 3.63) is 65.2 Å². The van der Waals surface area contributed by atoms with Crippen LogP contribution in [0, 0.1) is 0 Å². The summed E-state index contributed by atoms with van der Waals surface area (Å²) in [7, 11) is 0. The third kappa shape index (κ3) is 2.63. The maximum absolute atomic E-state index is 13.3. The molecule has 2 atom stereocenters. The number of amides is 2. The van der Waals surface area contributed by atoms with E-state index in [9.17, 15) is 19.5 Å². The lowest BCUT2D eigenvalue weighted by Gasteiger charge is -2.38. The fourth-order valence-corrected chi connectivity index (χ4v) is 3.90. The van der Waals surface area contributed by atoms with E-state index in [2.05, 4.69) is 5.32 Å². The van der Waals surface area contributed by atoms with Crippen LogP contribution in [-0.2, 0) is 20.8 Å². The van der Waals surface area contributed by atoms with E-state index >= 15 is 0 Å². The van der Waals surface area contributed by atoms with Gasteiger partial charge in [-0.25, -0.2) is 4.79 Å². The van der Waals surface area contributed by atoms with Crippen LogP contribution < -0.4 is 5.32 Å². The summed E-state index contributed by atoms with van der Waals surface area (Å²) in [4.78, 5) is 38.7. The number of anilines is 1. The van der Waals surface area contributed by atoms with Crippen molar-refractivity contribution in [3.63, 3.8) is 0 Å². The van der Waals surface area contributed by atoms with E-state index < -0.39 is 17.9 Å². The molecular formula is C20H18N2O4. The van der Waals surface area contributed by atoms with Gasteiger partial charge in [-0.15, -0.1) is 0 Å². The molecule has 0 saturated heterocycles. The van der Waals surface area contributed by atoms with Crippen LogP contribution in [0.3, 0.4) is 0 Å². The molecule has 26 heavy (non-hydrogen) atoms. The zero-order valence-corrected chi connectivity index (χ0v) is 14.0. The molecule has 2 aromatic rings. The SMILES string of the molecule is O=C1CC(C(=O)N2CCc3ccccc3C2C(=O)O)c2ccccc2N1. The van der Waals surface area contributed by atoms with Gasteiger partial charge >= 0.3 is 5.97 Å². The summed E-state index contributed by atoms with van der Waals surface area (Å²) in [6.07, 6.45) is 0.632. The molecule has 0 aliphatic carbocycles. The minimum atomic E-state index is -1.06. The van der Waals surface area contributed by atoms with Crippen LogP contribution in [0.15, 0.2) is 48.5 Å². The second-order valence-electron chi connectivity index (χ2n) is 6.61. The molecular weight excluding hydrogens is 332 g/mol. The molecule has 0 saturated carbocycles. The Balaban J connectivity index is 1.72. The van der Waals surface area contributed by atoms with Crippen molar-refractivity contribution >= 4 is 23.5 Å². The highest BCUT2D eigenvalue weighted by atomic mass is 16.4. The van der Waals surface area contributed by atoms with E-state index in [1.165, 1.54) is 4.90 Å². The van der Waals surface area contributed by atoms with Gasteiger partial charge in [0.2, 0.25) is 11.8 Å². The molecule has 0 aromatic heterocycles. The van der Waals surface area contributed by atoms with Gasteiger partial charge in [0.1, 0.15) is 0 Å². The molecule has 6 heteroatoms. The van der Waals surface area contributed by atoms with Gasteiger partial charge < -0.3 is 15.3 Å². The van der Waals surface area contributed by atoms with E-state index in [1.54, 1.807) is 24.3 Å². The summed E-state index contributed by atoms with van der Waals surface area (Å²) in [5.41, 5.74) is 2.95. The number of hydrogen-bond donors (Lipinski definition) is 2. The van der Waals surface area contributed by atoms with E-state index in [0.717, 1.165) is 11.1 Å². The first kappa shape index (κ1) is 16.3. The standard InChI is InChI=1S/C20H18N2O4/c23-17-11-15(14-7-3-4-8-16(14)21-17)19(24)22-10-9-12-5-1-2-6-13(12)18(22)20(25)26/h1-8,15,18H,9-11H2,(H,21,23)(H,25,26). The number of carbonyl (C=O) groups excluding carboxylic acids is 2. The number of aliphatic carboxylic acids is 1. The molecule has 0 fully saturated rings. The van der Waals surface area contributed by atoms with Crippen molar-refractivity contribution in [3.8, 4) is 0 Å². The first-order chi connectivity index (χ1) is 12.6. The summed E-state index contributed by atoms with van der Waals surface area (Å²) in [6, 6.07) is 13.5. The monoisotopic (exact) mass is 350 g/mol. The maximum atomic E-state index is 13.3. The minimum absolute atomic E-state index is 0.0281. The number of rotatable bonds is 2. The van der Waals surface area contributed by atoms with E-state index in [4.69, 9.17) is 0 Å². The number of carbonyl (C=O) groups is 3. The lowest BCUT2D eigenvalue weighted by Crippen LogP contribution is -2.46. The third-order valence-electron chi connectivity index (χ3n) is 5.10. The minimum Gasteiger partial charge on any atom is -0.479 e. The van der Waals surface area contributed by atoms with Crippen LogP contribution in [0.1, 0.15) is 35.1 Å². The molecule has 2 unspecified atom stereocenters. The fraction of sp³-hybridized carbons (Fsp3) is 0.250. The molecule has 0 spiro atoms. The van der Waals surface area contributed by atoms with E-state index in [1.807, 2.05) is 24.3 Å². The Morgan fingerprint density at radius 1 is 1.04 bits per heavy atom. The highest BCUT2D eigenvalue weighted by molar-refractivity contribution is 6.02. The summed E-state index contributed by atoms with van der Waals surface area (Å²) < 4.78 is 0.